The minimum Gasteiger partial charge on any atom is -0.388 e. The van der Waals surface area contributed by atoms with E-state index in [0.29, 0.717) is 37.3 Å². The Morgan fingerprint density at radius 2 is 1.76 bits per heavy atom. The number of nitrogen functional groups attached to an aromatic ring is 1. The summed E-state index contributed by atoms with van der Waals surface area (Å²) in [6.07, 6.45) is 2.01. The number of aromatic nitrogens is 2. The number of nitrogens with one attached hydrogen (secondary N) is 1. The minimum absolute atomic E-state index is 0.0233. The number of hydrogen-bond acceptors (Lipinski definition) is 5. The number of rotatable bonds is 5. The highest BCUT2D eigenvalue weighted by atomic mass is 19.1. The van der Waals surface area contributed by atoms with Crippen molar-refractivity contribution in [3.63, 3.8) is 0 Å². The molecule has 1 saturated heterocycles. The first-order chi connectivity index (χ1) is 15.8. The number of nitrogens with zero attached hydrogens (tertiary/aromatic N) is 3. The van der Waals surface area contributed by atoms with Crippen molar-refractivity contribution in [1.29, 1.82) is 0 Å². The summed E-state index contributed by atoms with van der Waals surface area (Å²) in [6.45, 7) is 2.66. The number of aliphatic hydroxyl groups is 1. The molecule has 0 unspecified atom stereocenters. The van der Waals surface area contributed by atoms with Crippen LogP contribution in [0.2, 0.25) is 0 Å². The second-order valence-electron chi connectivity index (χ2n) is 8.41. The molecule has 1 aromatic heterocycles. The van der Waals surface area contributed by atoms with E-state index in [9.17, 15) is 19.1 Å². The van der Waals surface area contributed by atoms with Crippen molar-refractivity contribution < 1.29 is 19.1 Å². The van der Waals surface area contributed by atoms with Gasteiger partial charge in [-0.1, -0.05) is 29.8 Å². The van der Waals surface area contributed by atoms with Gasteiger partial charge in [0.05, 0.1) is 11.8 Å². The molecule has 1 aliphatic heterocycles. The summed E-state index contributed by atoms with van der Waals surface area (Å²) in [5, 5.41) is 13.6. The predicted molar refractivity (Wildman–Crippen MR) is 121 cm³/mol. The van der Waals surface area contributed by atoms with Crippen LogP contribution in [0.15, 0.2) is 54.7 Å². The normalized spacial score (nSPS) is 15.3. The number of imidazole rings is 1. The Morgan fingerprint density at radius 3 is 2.39 bits per heavy atom. The SMILES string of the molecule is Cc1ccc(-c2ncc(C(=O)NCC3(O)CCN(C(=O)c4ccc(F)cc4)CC3)n2N)cc1. The molecule has 2 amide bonds. The smallest absolute Gasteiger partial charge is 0.271 e. The van der Waals surface area contributed by atoms with Crippen molar-refractivity contribution in [2.24, 2.45) is 0 Å². The number of likely N-dealkylation sites (tertiary alicyclic amines) is 1. The van der Waals surface area contributed by atoms with Gasteiger partial charge in [-0.3, -0.25) is 9.59 Å². The standard InChI is InChI=1S/C24H26FN5O3/c1-16-2-4-17(5-3-16)21-27-14-20(30(21)26)22(31)28-15-24(33)10-12-29(13-11-24)23(32)18-6-8-19(25)9-7-18/h2-9,14,33H,10-13,15,26H2,1H3,(H,28,31). The van der Waals surface area contributed by atoms with Gasteiger partial charge in [0.2, 0.25) is 0 Å². The fourth-order valence-electron chi connectivity index (χ4n) is 3.86. The van der Waals surface area contributed by atoms with Crippen LogP contribution in [0.3, 0.4) is 0 Å². The average molecular weight is 452 g/mol. The highest BCUT2D eigenvalue weighted by molar-refractivity contribution is 5.94. The molecular formula is C24H26FN5O3. The van der Waals surface area contributed by atoms with E-state index in [0.717, 1.165) is 11.1 Å². The molecule has 2 heterocycles. The molecule has 1 aliphatic rings. The molecule has 172 valence electrons. The summed E-state index contributed by atoms with van der Waals surface area (Å²) < 4.78 is 14.3. The first kappa shape index (κ1) is 22.5. The Bertz CT molecular complexity index is 1150. The van der Waals surface area contributed by atoms with E-state index in [4.69, 9.17) is 5.84 Å². The quantitative estimate of drug-likeness (QED) is 0.514. The van der Waals surface area contributed by atoms with Crippen molar-refractivity contribution in [2.45, 2.75) is 25.4 Å². The third kappa shape index (κ3) is 4.88. The van der Waals surface area contributed by atoms with E-state index < -0.39 is 17.3 Å². The zero-order chi connectivity index (χ0) is 23.6. The minimum atomic E-state index is -1.14. The number of amides is 2. The zero-order valence-electron chi connectivity index (χ0n) is 18.3. The lowest BCUT2D eigenvalue weighted by molar-refractivity contribution is -0.0150. The van der Waals surface area contributed by atoms with E-state index in [2.05, 4.69) is 10.3 Å². The molecule has 2 aromatic carbocycles. The van der Waals surface area contributed by atoms with Crippen LogP contribution in [0.5, 0.6) is 0 Å². The number of nitrogens with two attached hydrogens (primary N) is 1. The van der Waals surface area contributed by atoms with Gasteiger partial charge in [0.15, 0.2) is 5.82 Å². The molecule has 9 heteroatoms. The van der Waals surface area contributed by atoms with Crippen molar-refractivity contribution in [1.82, 2.24) is 19.9 Å². The number of hydrogen-bond donors (Lipinski definition) is 3. The summed E-state index contributed by atoms with van der Waals surface area (Å²) in [5.41, 5.74) is 1.33. The van der Waals surface area contributed by atoms with Crippen LogP contribution in [-0.2, 0) is 0 Å². The highest BCUT2D eigenvalue weighted by Crippen LogP contribution is 2.23. The van der Waals surface area contributed by atoms with Gasteiger partial charge in [-0.05, 0) is 44.0 Å². The van der Waals surface area contributed by atoms with Crippen LogP contribution in [0.25, 0.3) is 11.4 Å². The third-order valence-electron chi connectivity index (χ3n) is 5.99. The van der Waals surface area contributed by atoms with Gasteiger partial charge < -0.3 is 21.2 Å². The highest BCUT2D eigenvalue weighted by Gasteiger charge is 2.35. The first-order valence-electron chi connectivity index (χ1n) is 10.7. The van der Waals surface area contributed by atoms with Crippen LogP contribution in [0, 0.1) is 12.7 Å². The topological polar surface area (TPSA) is 113 Å². The Hall–Kier alpha value is -3.72. The fourth-order valence-corrected chi connectivity index (χ4v) is 3.86. The van der Waals surface area contributed by atoms with Crippen molar-refractivity contribution in [3.05, 3.63) is 77.4 Å². The van der Waals surface area contributed by atoms with Crippen molar-refractivity contribution >= 4 is 11.8 Å². The van der Waals surface area contributed by atoms with Crippen LogP contribution >= 0.6 is 0 Å². The zero-order valence-corrected chi connectivity index (χ0v) is 18.3. The van der Waals surface area contributed by atoms with E-state index in [1.54, 1.807) is 4.90 Å². The summed E-state index contributed by atoms with van der Waals surface area (Å²) in [5.74, 6) is 5.50. The van der Waals surface area contributed by atoms with E-state index in [1.807, 2.05) is 31.2 Å². The number of piperidine rings is 1. The summed E-state index contributed by atoms with van der Waals surface area (Å²) in [4.78, 5) is 31.1. The van der Waals surface area contributed by atoms with Gasteiger partial charge >= 0.3 is 0 Å². The van der Waals surface area contributed by atoms with Gasteiger partial charge in [-0.25, -0.2) is 14.1 Å². The molecule has 8 nitrogen and oxygen atoms in total. The fraction of sp³-hybridized carbons (Fsp3) is 0.292. The van der Waals surface area contributed by atoms with Crippen LogP contribution in [0.1, 0.15) is 39.3 Å². The predicted octanol–water partition coefficient (Wildman–Crippen LogP) is 2.11. The Balaban J connectivity index is 1.34. The summed E-state index contributed by atoms with van der Waals surface area (Å²) >= 11 is 0. The summed E-state index contributed by atoms with van der Waals surface area (Å²) in [6, 6.07) is 13.0. The second kappa shape index (κ2) is 9.03. The average Bonchev–Trinajstić information content (AvgIpc) is 3.20. The van der Waals surface area contributed by atoms with Crippen LogP contribution < -0.4 is 11.2 Å². The molecule has 0 aliphatic carbocycles. The summed E-state index contributed by atoms with van der Waals surface area (Å²) in [7, 11) is 0. The maximum atomic E-state index is 13.1. The molecule has 0 bridgehead atoms. The number of benzene rings is 2. The second-order valence-corrected chi connectivity index (χ2v) is 8.41. The molecule has 1 fully saturated rings. The third-order valence-corrected chi connectivity index (χ3v) is 5.99. The molecule has 3 aromatic rings. The lowest BCUT2D eigenvalue weighted by Crippen LogP contribution is -2.52. The van der Waals surface area contributed by atoms with Crippen LogP contribution in [0.4, 0.5) is 4.39 Å². The maximum absolute atomic E-state index is 13.1. The Labute approximate surface area is 190 Å². The van der Waals surface area contributed by atoms with Gasteiger partial charge in [0.25, 0.3) is 11.8 Å². The van der Waals surface area contributed by atoms with E-state index in [-0.39, 0.29) is 18.1 Å². The lowest BCUT2D eigenvalue weighted by Gasteiger charge is -2.38. The van der Waals surface area contributed by atoms with Gasteiger partial charge in [0, 0.05) is 30.8 Å². The Morgan fingerprint density at radius 1 is 1.12 bits per heavy atom. The van der Waals surface area contributed by atoms with Gasteiger partial charge in [-0.2, -0.15) is 0 Å². The van der Waals surface area contributed by atoms with E-state index in [1.165, 1.54) is 35.1 Å². The molecule has 33 heavy (non-hydrogen) atoms. The largest absolute Gasteiger partial charge is 0.388 e. The monoisotopic (exact) mass is 451 g/mol. The number of halogens is 1. The molecule has 0 saturated carbocycles. The van der Waals surface area contributed by atoms with Gasteiger partial charge in [0.1, 0.15) is 11.5 Å². The molecule has 0 radical (unpaired) electrons. The number of carbonyl (C=O) groups is 2. The van der Waals surface area contributed by atoms with Crippen LogP contribution in [-0.4, -0.2) is 56.7 Å². The molecular weight excluding hydrogens is 425 g/mol. The van der Waals surface area contributed by atoms with E-state index >= 15 is 0 Å². The first-order valence-corrected chi connectivity index (χ1v) is 10.7. The molecule has 0 atom stereocenters. The van der Waals surface area contributed by atoms with Crippen molar-refractivity contribution in [2.75, 3.05) is 25.5 Å². The molecule has 4 N–H and O–H groups in total. The molecule has 4 rings (SSSR count). The lowest BCUT2D eigenvalue weighted by atomic mass is 9.91. The Kier molecular flexibility index (Phi) is 6.15. The number of aryl methyl sites for hydroxylation is 1. The maximum Gasteiger partial charge on any atom is 0.271 e. The van der Waals surface area contributed by atoms with Crippen molar-refractivity contribution in [3.8, 4) is 11.4 Å². The van der Waals surface area contributed by atoms with Gasteiger partial charge in [-0.15, -0.1) is 0 Å². The number of carbonyl (C=O) groups excluding carboxylic acids is 2. The molecule has 0 spiro atoms.